The number of amides is 2. The zero-order valence-corrected chi connectivity index (χ0v) is 12.8. The Morgan fingerprint density at radius 1 is 1.00 bits per heavy atom. The molecule has 2 aromatic rings. The van der Waals surface area contributed by atoms with Gasteiger partial charge in [0.15, 0.2) is 0 Å². The molecule has 2 aromatic carbocycles. The van der Waals surface area contributed by atoms with Crippen molar-refractivity contribution < 1.29 is 9.59 Å². The molecule has 0 atom stereocenters. The highest BCUT2D eigenvalue weighted by molar-refractivity contribution is 9.10. The molecular weight excluding hydrogens is 342 g/mol. The number of rotatable bonds is 1. The summed E-state index contributed by atoms with van der Waals surface area (Å²) in [7, 11) is 0. The first-order chi connectivity index (χ1) is 9.49. The van der Waals surface area contributed by atoms with Crippen molar-refractivity contribution in [3.8, 4) is 0 Å². The minimum absolute atomic E-state index is 0.344. The molecule has 0 radical (unpaired) electrons. The van der Waals surface area contributed by atoms with E-state index < -0.39 is 0 Å². The van der Waals surface area contributed by atoms with Crippen molar-refractivity contribution in [1.82, 2.24) is 0 Å². The Labute approximate surface area is 129 Å². The van der Waals surface area contributed by atoms with Crippen LogP contribution in [0.3, 0.4) is 0 Å². The minimum atomic E-state index is -0.350. The van der Waals surface area contributed by atoms with E-state index in [2.05, 4.69) is 15.9 Å². The lowest BCUT2D eigenvalue weighted by atomic mass is 10.1. The second-order valence-electron chi connectivity index (χ2n) is 4.59. The molecule has 1 aliphatic heterocycles. The maximum atomic E-state index is 12.4. The van der Waals surface area contributed by atoms with Crippen LogP contribution in [-0.4, -0.2) is 11.8 Å². The summed E-state index contributed by atoms with van der Waals surface area (Å²) in [5, 5.41) is 0.388. The molecule has 0 fully saturated rings. The van der Waals surface area contributed by atoms with Crippen molar-refractivity contribution in [2.45, 2.75) is 6.92 Å². The van der Waals surface area contributed by atoms with E-state index in [9.17, 15) is 9.59 Å². The van der Waals surface area contributed by atoms with Crippen molar-refractivity contribution in [2.75, 3.05) is 4.90 Å². The van der Waals surface area contributed by atoms with Crippen LogP contribution in [0, 0.1) is 6.92 Å². The van der Waals surface area contributed by atoms with E-state index in [-0.39, 0.29) is 11.8 Å². The van der Waals surface area contributed by atoms with Crippen molar-refractivity contribution in [1.29, 1.82) is 0 Å². The predicted octanol–water partition coefficient (Wildman–Crippen LogP) is 4.21. The largest absolute Gasteiger partial charge is 0.268 e. The number of carbonyl (C=O) groups is 2. The molecule has 0 aromatic heterocycles. The van der Waals surface area contributed by atoms with Gasteiger partial charge in [-0.1, -0.05) is 33.6 Å². The molecule has 20 heavy (non-hydrogen) atoms. The van der Waals surface area contributed by atoms with Crippen molar-refractivity contribution in [2.24, 2.45) is 0 Å². The maximum absolute atomic E-state index is 12.4. The molecule has 0 unspecified atom stereocenters. The molecule has 2 amide bonds. The highest BCUT2D eigenvalue weighted by atomic mass is 79.9. The molecule has 0 saturated carbocycles. The Kier molecular flexibility index (Phi) is 3.15. The van der Waals surface area contributed by atoms with Gasteiger partial charge in [0.1, 0.15) is 0 Å². The third kappa shape index (κ3) is 1.96. The Hall–Kier alpha value is -1.65. The van der Waals surface area contributed by atoms with Crippen molar-refractivity contribution >= 4 is 45.0 Å². The fraction of sp³-hybridized carbons (Fsp3) is 0.0667. The smallest absolute Gasteiger partial charge is 0.266 e. The van der Waals surface area contributed by atoms with Crippen LogP contribution < -0.4 is 4.90 Å². The third-order valence-electron chi connectivity index (χ3n) is 3.19. The molecule has 3 nitrogen and oxygen atoms in total. The fourth-order valence-corrected chi connectivity index (χ4v) is 2.91. The summed E-state index contributed by atoms with van der Waals surface area (Å²) >= 11 is 9.46. The Morgan fingerprint density at radius 3 is 2.40 bits per heavy atom. The summed E-state index contributed by atoms with van der Waals surface area (Å²) in [5.41, 5.74) is 2.17. The van der Waals surface area contributed by atoms with Crippen LogP contribution in [-0.2, 0) is 0 Å². The van der Waals surface area contributed by atoms with Gasteiger partial charge in [0.05, 0.1) is 21.8 Å². The zero-order valence-electron chi connectivity index (χ0n) is 10.5. The first-order valence-corrected chi connectivity index (χ1v) is 7.10. The molecule has 3 rings (SSSR count). The van der Waals surface area contributed by atoms with Crippen molar-refractivity contribution in [3.05, 3.63) is 62.6 Å². The van der Waals surface area contributed by atoms with E-state index in [0.717, 1.165) is 14.9 Å². The average Bonchev–Trinajstić information content (AvgIpc) is 2.63. The van der Waals surface area contributed by atoms with Gasteiger partial charge in [-0.05, 0) is 42.8 Å². The molecule has 1 aliphatic rings. The normalized spacial score (nSPS) is 13.8. The monoisotopic (exact) mass is 349 g/mol. The van der Waals surface area contributed by atoms with Gasteiger partial charge < -0.3 is 0 Å². The number of aryl methyl sites for hydroxylation is 1. The van der Waals surface area contributed by atoms with Crippen LogP contribution >= 0.6 is 27.5 Å². The van der Waals surface area contributed by atoms with Gasteiger partial charge in [-0.25, -0.2) is 4.90 Å². The molecule has 0 saturated heterocycles. The lowest BCUT2D eigenvalue weighted by Crippen LogP contribution is -2.29. The van der Waals surface area contributed by atoms with E-state index in [4.69, 9.17) is 11.6 Å². The first-order valence-electron chi connectivity index (χ1n) is 5.93. The molecule has 0 N–H and O–H groups in total. The summed E-state index contributed by atoms with van der Waals surface area (Å²) in [6.45, 7) is 1.90. The molecule has 0 spiro atoms. The van der Waals surface area contributed by atoms with Gasteiger partial charge >= 0.3 is 0 Å². The zero-order chi connectivity index (χ0) is 14.4. The number of imide groups is 1. The number of fused-ring (bicyclic) bond motifs is 1. The lowest BCUT2D eigenvalue weighted by Gasteiger charge is -2.15. The predicted molar refractivity (Wildman–Crippen MR) is 81.5 cm³/mol. The molecule has 0 bridgehead atoms. The highest BCUT2D eigenvalue weighted by Crippen LogP contribution is 2.34. The summed E-state index contributed by atoms with van der Waals surface area (Å²) in [6, 6.07) is 10.3. The quantitative estimate of drug-likeness (QED) is 0.722. The Morgan fingerprint density at radius 2 is 1.70 bits per heavy atom. The van der Waals surface area contributed by atoms with E-state index in [1.165, 1.54) is 0 Å². The second kappa shape index (κ2) is 4.72. The van der Waals surface area contributed by atoms with E-state index in [1.54, 1.807) is 30.3 Å². The average molecular weight is 351 g/mol. The highest BCUT2D eigenvalue weighted by Gasteiger charge is 2.37. The summed E-state index contributed by atoms with van der Waals surface area (Å²) < 4.78 is 0.759. The van der Waals surface area contributed by atoms with E-state index >= 15 is 0 Å². The first kappa shape index (κ1) is 13.3. The molecule has 5 heteroatoms. The molecule has 100 valence electrons. The summed E-state index contributed by atoms with van der Waals surface area (Å²) in [6.07, 6.45) is 0. The van der Waals surface area contributed by atoms with Crippen LogP contribution in [0.1, 0.15) is 26.3 Å². The number of hydrogen-bond donors (Lipinski definition) is 0. The number of nitrogens with zero attached hydrogens (tertiary/aromatic N) is 1. The number of benzene rings is 2. The van der Waals surface area contributed by atoms with E-state index in [1.807, 2.05) is 13.0 Å². The van der Waals surface area contributed by atoms with Gasteiger partial charge in [0.25, 0.3) is 11.8 Å². The molecule has 0 aliphatic carbocycles. The van der Waals surface area contributed by atoms with Crippen LogP contribution in [0.15, 0.2) is 40.9 Å². The maximum Gasteiger partial charge on any atom is 0.266 e. The Bertz CT molecular complexity index is 758. The van der Waals surface area contributed by atoms with Gasteiger partial charge in [0.2, 0.25) is 0 Å². The second-order valence-corrected chi connectivity index (χ2v) is 5.91. The van der Waals surface area contributed by atoms with Gasteiger partial charge in [-0.2, -0.15) is 0 Å². The summed E-state index contributed by atoms with van der Waals surface area (Å²) in [4.78, 5) is 25.9. The number of hydrogen-bond acceptors (Lipinski definition) is 2. The van der Waals surface area contributed by atoms with Gasteiger partial charge in [0, 0.05) is 4.47 Å². The Balaban J connectivity index is 2.14. The topological polar surface area (TPSA) is 37.4 Å². The van der Waals surface area contributed by atoms with Crippen LogP contribution in [0.2, 0.25) is 5.02 Å². The van der Waals surface area contributed by atoms with Crippen LogP contribution in [0.5, 0.6) is 0 Å². The van der Waals surface area contributed by atoms with Gasteiger partial charge in [-0.3, -0.25) is 9.59 Å². The standard InChI is InChI=1S/C15H9BrClNO2/c1-8-2-5-13(12(17)6-8)18-14(19)10-4-3-9(16)7-11(10)15(18)20/h2-7H,1H3. The number of anilines is 1. The number of halogens is 2. The SMILES string of the molecule is Cc1ccc(N2C(=O)c3ccc(Br)cc3C2=O)c(Cl)c1. The van der Waals surface area contributed by atoms with Crippen LogP contribution in [0.25, 0.3) is 0 Å². The van der Waals surface area contributed by atoms with Gasteiger partial charge in [-0.15, -0.1) is 0 Å². The lowest BCUT2D eigenvalue weighted by molar-refractivity contribution is 0.0926. The van der Waals surface area contributed by atoms with Crippen molar-refractivity contribution in [3.63, 3.8) is 0 Å². The van der Waals surface area contributed by atoms with Crippen LogP contribution in [0.4, 0.5) is 5.69 Å². The molecular formula is C15H9BrClNO2. The van der Waals surface area contributed by atoms with E-state index in [0.29, 0.717) is 21.8 Å². The summed E-state index contributed by atoms with van der Waals surface area (Å²) in [5.74, 6) is -0.694. The fourth-order valence-electron chi connectivity index (χ4n) is 2.23. The minimum Gasteiger partial charge on any atom is -0.268 e. The third-order valence-corrected chi connectivity index (χ3v) is 3.99. The molecule has 1 heterocycles. The number of carbonyl (C=O) groups excluding carboxylic acids is 2.